The van der Waals surface area contributed by atoms with Crippen LogP contribution in [0.5, 0.6) is 17.2 Å². The summed E-state index contributed by atoms with van der Waals surface area (Å²) in [4.78, 5) is 12.6. The number of hydrogen-bond donors (Lipinski definition) is 2. The molecule has 3 aromatic rings. The van der Waals surface area contributed by atoms with E-state index in [1.807, 2.05) is 0 Å². The zero-order chi connectivity index (χ0) is 24.0. The van der Waals surface area contributed by atoms with Gasteiger partial charge in [-0.2, -0.15) is 0 Å². The largest absolute Gasteiger partial charge is 0.497 e. The van der Waals surface area contributed by atoms with E-state index >= 15 is 0 Å². The molecule has 0 aliphatic carbocycles. The summed E-state index contributed by atoms with van der Waals surface area (Å²) < 4.78 is 42.1. The van der Waals surface area contributed by atoms with Crippen LogP contribution in [-0.4, -0.2) is 42.2 Å². The molecule has 0 saturated carbocycles. The minimum absolute atomic E-state index is 0.0509. The zero-order valence-electron chi connectivity index (χ0n) is 18.2. The van der Waals surface area contributed by atoms with E-state index in [-0.39, 0.29) is 32.8 Å². The molecule has 3 rings (SSSR count). The molecule has 0 aromatic heterocycles. The Labute approximate surface area is 197 Å². The molecule has 3 aromatic carbocycles. The number of sulfone groups is 1. The molecule has 10 heteroatoms. The van der Waals surface area contributed by atoms with E-state index in [1.54, 1.807) is 36.4 Å². The van der Waals surface area contributed by atoms with Crippen molar-refractivity contribution in [3.8, 4) is 17.2 Å². The summed E-state index contributed by atoms with van der Waals surface area (Å²) in [5, 5.41) is 5.80. The van der Waals surface area contributed by atoms with Crippen LogP contribution >= 0.6 is 11.6 Å². The van der Waals surface area contributed by atoms with Crippen LogP contribution in [0.15, 0.2) is 70.5 Å². The van der Waals surface area contributed by atoms with Gasteiger partial charge in [-0.15, -0.1) is 0 Å². The Morgan fingerprint density at radius 3 is 2.27 bits per heavy atom. The molecule has 2 N–H and O–H groups in total. The summed E-state index contributed by atoms with van der Waals surface area (Å²) in [7, 11) is 0.439. The smallest absolute Gasteiger partial charge is 0.243 e. The normalized spacial score (nSPS) is 10.9. The van der Waals surface area contributed by atoms with Gasteiger partial charge in [0.2, 0.25) is 15.7 Å². The molecule has 8 nitrogen and oxygen atoms in total. The zero-order valence-corrected chi connectivity index (χ0v) is 19.8. The lowest BCUT2D eigenvalue weighted by atomic mass is 10.2. The summed E-state index contributed by atoms with van der Waals surface area (Å²) in [6.45, 7) is -0.193. The molecule has 0 bridgehead atoms. The Bertz CT molecular complexity index is 1250. The average Bonchev–Trinajstić information content (AvgIpc) is 2.82. The standard InChI is InChI=1S/C23H23ClN2O6S/c1-30-16-9-10-20(31-2)18(13-16)26-22(27)14-25-19-11-15(24)12-21(23(19)32-3)33(28,29)17-7-5-4-6-8-17/h4-13,25H,14H2,1-3H3,(H,26,27). The van der Waals surface area contributed by atoms with Crippen molar-refractivity contribution in [2.45, 2.75) is 9.79 Å². The van der Waals surface area contributed by atoms with Gasteiger partial charge in [0.05, 0.1) is 44.1 Å². The number of anilines is 2. The number of halogens is 1. The number of rotatable bonds is 9. The van der Waals surface area contributed by atoms with Crippen LogP contribution < -0.4 is 24.8 Å². The van der Waals surface area contributed by atoms with E-state index in [9.17, 15) is 13.2 Å². The van der Waals surface area contributed by atoms with Crippen LogP contribution in [0.3, 0.4) is 0 Å². The van der Waals surface area contributed by atoms with Gasteiger partial charge in [0.25, 0.3) is 0 Å². The Hall–Kier alpha value is -3.43. The van der Waals surface area contributed by atoms with Crippen LogP contribution in [0.1, 0.15) is 0 Å². The van der Waals surface area contributed by atoms with E-state index in [0.29, 0.717) is 17.2 Å². The number of nitrogens with one attached hydrogen (secondary N) is 2. The summed E-state index contributed by atoms with van der Waals surface area (Å²) >= 11 is 6.20. The first-order valence-corrected chi connectivity index (χ1v) is 11.6. The topological polar surface area (TPSA) is 103 Å². The highest BCUT2D eigenvalue weighted by atomic mass is 35.5. The molecule has 0 spiro atoms. The maximum absolute atomic E-state index is 13.2. The number of methoxy groups -OCH3 is 3. The third-order valence-corrected chi connectivity index (χ3v) is 6.68. The Morgan fingerprint density at radius 1 is 0.909 bits per heavy atom. The minimum atomic E-state index is -3.91. The van der Waals surface area contributed by atoms with Gasteiger partial charge >= 0.3 is 0 Å². The molecule has 0 aliphatic heterocycles. The average molecular weight is 491 g/mol. The second-order valence-corrected chi connectivity index (χ2v) is 9.12. The van der Waals surface area contributed by atoms with E-state index < -0.39 is 15.7 Å². The molecule has 0 fully saturated rings. The van der Waals surface area contributed by atoms with Crippen molar-refractivity contribution >= 4 is 38.7 Å². The third-order valence-electron chi connectivity index (χ3n) is 4.69. The highest BCUT2D eigenvalue weighted by Gasteiger charge is 2.25. The summed E-state index contributed by atoms with van der Waals surface area (Å²) in [5.74, 6) is 0.651. The maximum atomic E-state index is 13.2. The maximum Gasteiger partial charge on any atom is 0.243 e. The molecular weight excluding hydrogens is 468 g/mol. The van der Waals surface area contributed by atoms with Crippen LogP contribution in [0, 0.1) is 0 Å². The monoisotopic (exact) mass is 490 g/mol. The Balaban J connectivity index is 1.86. The first-order chi connectivity index (χ1) is 15.8. The van der Waals surface area contributed by atoms with Gasteiger partial charge in [-0.1, -0.05) is 29.8 Å². The number of ether oxygens (including phenoxy) is 3. The third kappa shape index (κ3) is 5.50. The highest BCUT2D eigenvalue weighted by Crippen LogP contribution is 2.38. The minimum Gasteiger partial charge on any atom is -0.497 e. The second-order valence-electron chi connectivity index (χ2n) is 6.77. The number of benzene rings is 3. The first kappa shape index (κ1) is 24.2. The molecule has 0 radical (unpaired) electrons. The highest BCUT2D eigenvalue weighted by molar-refractivity contribution is 7.91. The van der Waals surface area contributed by atoms with Crippen LogP contribution in [-0.2, 0) is 14.6 Å². The van der Waals surface area contributed by atoms with E-state index in [4.69, 9.17) is 25.8 Å². The quantitative estimate of drug-likeness (QED) is 0.462. The van der Waals surface area contributed by atoms with Gasteiger partial charge in [-0.3, -0.25) is 4.79 Å². The molecule has 0 heterocycles. The van der Waals surface area contributed by atoms with Crippen molar-refractivity contribution in [3.05, 3.63) is 65.7 Å². The van der Waals surface area contributed by atoms with Crippen molar-refractivity contribution in [1.29, 1.82) is 0 Å². The fourth-order valence-corrected chi connectivity index (χ4v) is 4.89. The number of carbonyl (C=O) groups is 1. The summed E-state index contributed by atoms with van der Waals surface area (Å²) in [5.41, 5.74) is 0.682. The van der Waals surface area contributed by atoms with Gasteiger partial charge in [-0.05, 0) is 36.4 Å². The molecule has 33 heavy (non-hydrogen) atoms. The van der Waals surface area contributed by atoms with Gasteiger partial charge in [0, 0.05) is 11.1 Å². The molecule has 0 aliphatic rings. The number of amides is 1. The molecule has 1 amide bonds. The van der Waals surface area contributed by atoms with Crippen molar-refractivity contribution < 1.29 is 27.4 Å². The van der Waals surface area contributed by atoms with E-state index in [1.165, 1.54) is 45.6 Å². The lowest BCUT2D eigenvalue weighted by Gasteiger charge is -2.17. The van der Waals surface area contributed by atoms with Crippen molar-refractivity contribution in [3.63, 3.8) is 0 Å². The number of hydrogen-bond acceptors (Lipinski definition) is 7. The molecule has 0 saturated heterocycles. The molecular formula is C23H23ClN2O6S. The van der Waals surface area contributed by atoms with Crippen LogP contribution in [0.2, 0.25) is 5.02 Å². The Morgan fingerprint density at radius 2 is 1.64 bits per heavy atom. The van der Waals surface area contributed by atoms with E-state index in [2.05, 4.69) is 10.6 Å². The van der Waals surface area contributed by atoms with Crippen molar-refractivity contribution in [1.82, 2.24) is 0 Å². The number of carbonyl (C=O) groups excluding carboxylic acids is 1. The SMILES string of the molecule is COc1ccc(OC)c(NC(=O)CNc2cc(Cl)cc(S(=O)(=O)c3ccccc3)c2OC)c1. The van der Waals surface area contributed by atoms with Crippen molar-refractivity contribution in [2.75, 3.05) is 38.5 Å². The van der Waals surface area contributed by atoms with Crippen molar-refractivity contribution in [2.24, 2.45) is 0 Å². The van der Waals surface area contributed by atoms with Gasteiger partial charge in [-0.25, -0.2) is 8.42 Å². The molecule has 0 unspecified atom stereocenters. The first-order valence-electron chi connectivity index (χ1n) is 9.73. The van der Waals surface area contributed by atoms with E-state index in [0.717, 1.165) is 0 Å². The molecule has 174 valence electrons. The fraction of sp³-hybridized carbons (Fsp3) is 0.174. The predicted octanol–water partition coefficient (Wildman–Crippen LogP) is 4.25. The van der Waals surface area contributed by atoms with Crippen LogP contribution in [0.4, 0.5) is 11.4 Å². The fourth-order valence-electron chi connectivity index (χ4n) is 3.12. The summed E-state index contributed by atoms with van der Waals surface area (Å²) in [6.07, 6.45) is 0. The van der Waals surface area contributed by atoms with Gasteiger partial charge in [0.1, 0.15) is 16.4 Å². The lowest BCUT2D eigenvalue weighted by molar-refractivity contribution is -0.114. The van der Waals surface area contributed by atoms with Crippen LogP contribution in [0.25, 0.3) is 0 Å². The van der Waals surface area contributed by atoms with Gasteiger partial charge < -0.3 is 24.8 Å². The Kier molecular flexibility index (Phi) is 7.67. The lowest BCUT2D eigenvalue weighted by Crippen LogP contribution is -2.22. The second kappa shape index (κ2) is 10.5. The molecule has 0 atom stereocenters. The predicted molar refractivity (Wildman–Crippen MR) is 127 cm³/mol. The van der Waals surface area contributed by atoms with Gasteiger partial charge in [0.15, 0.2) is 5.75 Å². The summed E-state index contributed by atoms with van der Waals surface area (Å²) in [6, 6.07) is 15.7.